The van der Waals surface area contributed by atoms with E-state index in [4.69, 9.17) is 4.74 Å². The van der Waals surface area contributed by atoms with Gasteiger partial charge in [-0.1, -0.05) is 6.07 Å². The third-order valence-electron chi connectivity index (χ3n) is 5.56. The summed E-state index contributed by atoms with van der Waals surface area (Å²) in [6, 6.07) is 7.91. The lowest BCUT2D eigenvalue weighted by Crippen LogP contribution is -2.29. The number of amides is 2. The van der Waals surface area contributed by atoms with E-state index in [1.165, 1.54) is 12.3 Å². The van der Waals surface area contributed by atoms with E-state index in [-0.39, 0.29) is 36.3 Å². The van der Waals surface area contributed by atoms with Crippen LogP contribution in [0.25, 0.3) is 0 Å². The summed E-state index contributed by atoms with van der Waals surface area (Å²) in [7, 11) is -3.15. The molecule has 1 aliphatic heterocycles. The van der Waals surface area contributed by atoms with Gasteiger partial charge in [-0.05, 0) is 63.9 Å². The largest absolute Gasteiger partial charge is 0.442 e. The number of carbonyl (C=O) groups excluding carboxylic acids is 2. The first-order chi connectivity index (χ1) is 16.7. The van der Waals surface area contributed by atoms with Crippen LogP contribution in [0.1, 0.15) is 56.0 Å². The Morgan fingerprint density at radius 3 is 2.61 bits per heavy atom. The van der Waals surface area contributed by atoms with E-state index < -0.39 is 33.3 Å². The van der Waals surface area contributed by atoms with Crippen molar-refractivity contribution >= 4 is 33.2 Å². The van der Waals surface area contributed by atoms with Gasteiger partial charge >= 0.3 is 6.09 Å². The molecule has 0 bridgehead atoms. The van der Waals surface area contributed by atoms with Crippen LogP contribution in [0.2, 0.25) is 0 Å². The molecule has 1 aliphatic rings. The molecule has 1 aromatic carbocycles. The number of alkyl halides is 2. The Labute approximate surface area is 210 Å². The van der Waals surface area contributed by atoms with Crippen molar-refractivity contribution in [2.75, 3.05) is 29.6 Å². The van der Waals surface area contributed by atoms with Crippen LogP contribution in [-0.4, -0.2) is 52.1 Å². The van der Waals surface area contributed by atoms with Crippen LogP contribution in [0.3, 0.4) is 0 Å². The van der Waals surface area contributed by atoms with Gasteiger partial charge in [0.2, 0.25) is 5.92 Å². The van der Waals surface area contributed by atoms with Crippen molar-refractivity contribution < 1.29 is 27.3 Å². The van der Waals surface area contributed by atoms with E-state index in [0.29, 0.717) is 23.6 Å². The summed E-state index contributed by atoms with van der Waals surface area (Å²) in [5.74, 6) is -2.87. The third-order valence-corrected chi connectivity index (χ3v) is 7.18. The molecule has 11 heteroatoms. The van der Waals surface area contributed by atoms with Gasteiger partial charge in [0, 0.05) is 49.0 Å². The number of benzene rings is 1. The van der Waals surface area contributed by atoms with E-state index in [1.807, 2.05) is 0 Å². The highest BCUT2D eigenvalue weighted by molar-refractivity contribution is 7.93. The number of anilines is 2. The lowest BCUT2D eigenvalue weighted by molar-refractivity contribution is -0.0102. The zero-order valence-electron chi connectivity index (χ0n) is 21.1. The molecule has 1 unspecified atom stereocenters. The Balaban J connectivity index is 1.87. The van der Waals surface area contributed by atoms with E-state index in [1.54, 1.807) is 63.1 Å². The number of pyridine rings is 1. The number of nitrogens with one attached hydrogen (secondary N) is 1. The fourth-order valence-electron chi connectivity index (χ4n) is 3.82. The molecule has 2 aromatic rings. The maximum atomic E-state index is 13.9. The summed E-state index contributed by atoms with van der Waals surface area (Å²) in [5.41, 5.74) is 0.477. The minimum Gasteiger partial charge on any atom is -0.442 e. The number of halogens is 2. The number of hydrogen-bond acceptors (Lipinski definition) is 6. The van der Waals surface area contributed by atoms with Crippen molar-refractivity contribution in [3.8, 4) is 0 Å². The van der Waals surface area contributed by atoms with E-state index >= 15 is 0 Å². The molecule has 1 atom stereocenters. The zero-order chi connectivity index (χ0) is 26.7. The minimum absolute atomic E-state index is 0.0866. The highest BCUT2D eigenvalue weighted by atomic mass is 32.2. The first kappa shape index (κ1) is 27.5. The molecule has 1 aromatic heterocycles. The monoisotopic (exact) mass is 522 g/mol. The summed E-state index contributed by atoms with van der Waals surface area (Å²) in [5, 5.41) is 2.78. The fourth-order valence-corrected chi connectivity index (χ4v) is 4.92. The second kappa shape index (κ2) is 10.5. The molecule has 3 rings (SSSR count). The average molecular weight is 523 g/mol. The number of rotatable bonds is 4. The van der Waals surface area contributed by atoms with Gasteiger partial charge in [-0.15, -0.1) is 4.36 Å². The maximum absolute atomic E-state index is 13.9. The van der Waals surface area contributed by atoms with E-state index in [9.17, 15) is 22.6 Å². The van der Waals surface area contributed by atoms with Crippen LogP contribution in [0.5, 0.6) is 0 Å². The topological polar surface area (TPSA) is 101 Å². The lowest BCUT2D eigenvalue weighted by Gasteiger charge is -2.24. The highest BCUT2D eigenvalue weighted by Crippen LogP contribution is 2.31. The van der Waals surface area contributed by atoms with Gasteiger partial charge in [0.05, 0.1) is 15.3 Å². The van der Waals surface area contributed by atoms with Crippen molar-refractivity contribution in [1.29, 1.82) is 0 Å². The molecule has 1 N–H and O–H groups in total. The lowest BCUT2D eigenvalue weighted by atomic mass is 10.1. The van der Waals surface area contributed by atoms with Crippen LogP contribution in [-0.2, 0) is 14.5 Å². The smallest absolute Gasteiger partial charge is 0.442 e. The predicted octanol–water partition coefficient (Wildman–Crippen LogP) is 5.66. The summed E-state index contributed by atoms with van der Waals surface area (Å²) in [4.78, 5) is 31.7. The zero-order valence-corrected chi connectivity index (χ0v) is 22.0. The van der Waals surface area contributed by atoms with Crippen LogP contribution in [0.4, 0.5) is 25.1 Å². The van der Waals surface area contributed by atoms with Crippen molar-refractivity contribution in [3.05, 3.63) is 47.7 Å². The number of aryl methyl sites for hydroxylation is 1. The Morgan fingerprint density at radius 2 is 1.92 bits per heavy atom. The minimum atomic E-state index is -3.15. The molecule has 0 saturated carbocycles. The molecular weight excluding hydrogens is 490 g/mol. The Morgan fingerprint density at radius 1 is 1.19 bits per heavy atom. The quantitative estimate of drug-likeness (QED) is 0.556. The van der Waals surface area contributed by atoms with Crippen LogP contribution >= 0.6 is 0 Å². The molecule has 0 spiro atoms. The van der Waals surface area contributed by atoms with Gasteiger partial charge in [0.1, 0.15) is 11.4 Å². The van der Waals surface area contributed by atoms with Gasteiger partial charge in [0.25, 0.3) is 5.91 Å². The number of ether oxygens (including phenoxy) is 1. The average Bonchev–Trinajstić information content (AvgIpc) is 2.92. The maximum Gasteiger partial charge on any atom is 0.442 e. The van der Waals surface area contributed by atoms with Gasteiger partial charge < -0.3 is 15.0 Å². The van der Waals surface area contributed by atoms with Crippen LogP contribution in [0.15, 0.2) is 45.8 Å². The molecule has 1 saturated heterocycles. The van der Waals surface area contributed by atoms with Crippen molar-refractivity contribution in [2.45, 2.75) is 63.4 Å². The van der Waals surface area contributed by atoms with Crippen molar-refractivity contribution in [3.63, 3.8) is 0 Å². The SMILES string of the molecule is Cc1ccnc(N2CCCC(F)(F)CC2)c1C(=O)Nc1cccc(S(C)(=O)=NC(=O)OC(C)(C)C)c1. The first-order valence-corrected chi connectivity index (χ1v) is 13.5. The molecule has 36 heavy (non-hydrogen) atoms. The molecule has 0 radical (unpaired) electrons. The van der Waals surface area contributed by atoms with Crippen molar-refractivity contribution in [1.82, 2.24) is 4.98 Å². The molecule has 1 fully saturated rings. The molecule has 8 nitrogen and oxygen atoms in total. The Hall–Kier alpha value is -3.08. The number of nitrogens with zero attached hydrogens (tertiary/aromatic N) is 3. The van der Waals surface area contributed by atoms with E-state index in [0.717, 1.165) is 0 Å². The second-order valence-corrected chi connectivity index (χ2v) is 12.1. The van der Waals surface area contributed by atoms with Crippen LogP contribution < -0.4 is 10.2 Å². The molecule has 2 amide bonds. The summed E-state index contributed by atoms with van der Waals surface area (Å²) >= 11 is 0. The number of aromatic nitrogens is 1. The van der Waals surface area contributed by atoms with Gasteiger partial charge in [0.15, 0.2) is 0 Å². The number of hydrogen-bond donors (Lipinski definition) is 1. The first-order valence-electron chi connectivity index (χ1n) is 11.6. The highest BCUT2D eigenvalue weighted by Gasteiger charge is 2.33. The number of carbonyl (C=O) groups is 2. The molecular formula is C25H32F2N4O4S. The van der Waals surface area contributed by atoms with Crippen LogP contribution in [0, 0.1) is 6.92 Å². The molecule has 2 heterocycles. The normalized spacial score (nSPS) is 17.5. The third kappa shape index (κ3) is 7.22. The summed E-state index contributed by atoms with van der Waals surface area (Å²) in [6.07, 6.45) is 1.71. The Kier molecular flexibility index (Phi) is 8.02. The van der Waals surface area contributed by atoms with Crippen molar-refractivity contribution in [2.24, 2.45) is 4.36 Å². The van der Waals surface area contributed by atoms with Gasteiger partial charge in [-0.3, -0.25) is 4.79 Å². The van der Waals surface area contributed by atoms with Gasteiger partial charge in [-0.2, -0.15) is 0 Å². The molecule has 196 valence electrons. The van der Waals surface area contributed by atoms with E-state index in [2.05, 4.69) is 14.7 Å². The Bertz CT molecular complexity index is 1270. The second-order valence-electron chi connectivity index (χ2n) is 9.88. The molecule has 0 aliphatic carbocycles. The summed E-state index contributed by atoms with van der Waals surface area (Å²) in [6.45, 7) is 7.25. The fraction of sp³-hybridized carbons (Fsp3) is 0.480. The van der Waals surface area contributed by atoms with Gasteiger partial charge in [-0.25, -0.2) is 22.8 Å². The standard InChI is InChI=1S/C25H32F2N4O4S/c1-17-10-13-28-21(31-14-7-11-25(26,27)12-15-31)20(17)22(32)29-18-8-6-9-19(16-18)36(5,34)30-23(33)35-24(2,3)4/h6,8-10,13,16H,7,11-12,14-15H2,1-5H3,(H,29,32). The summed E-state index contributed by atoms with van der Waals surface area (Å²) < 4.78 is 49.8. The predicted molar refractivity (Wildman–Crippen MR) is 135 cm³/mol.